The van der Waals surface area contributed by atoms with Crippen molar-refractivity contribution in [2.24, 2.45) is 0 Å². The topological polar surface area (TPSA) is 40.1 Å². The van der Waals surface area contributed by atoms with Crippen molar-refractivity contribution >= 4 is 23.6 Å². The van der Waals surface area contributed by atoms with Crippen molar-refractivity contribution < 1.29 is 9.90 Å². The van der Waals surface area contributed by atoms with E-state index in [1.54, 1.807) is 0 Å². The van der Waals surface area contributed by atoms with Gasteiger partial charge in [-0.15, -0.1) is 0 Å². The van der Waals surface area contributed by atoms with Gasteiger partial charge in [-0.3, -0.25) is 0 Å². The average molecular weight is 147 g/mol. The Morgan fingerprint density at radius 1 is 1.83 bits per heavy atom. The van der Waals surface area contributed by atoms with Crippen LogP contribution in [0.2, 0.25) is 0 Å². The van der Waals surface area contributed by atoms with Gasteiger partial charge in [0.15, 0.2) is 0 Å². The molecule has 0 N–H and O–H groups in total. The molecule has 34 valence electrons. The van der Waals surface area contributed by atoms with Gasteiger partial charge in [-0.1, -0.05) is 6.58 Å². The van der Waals surface area contributed by atoms with Crippen molar-refractivity contribution in [2.75, 3.05) is 0 Å². The zero-order valence-corrected chi connectivity index (χ0v) is 7.80. The minimum absolute atomic E-state index is 0. The van der Waals surface area contributed by atoms with Crippen LogP contribution in [0.3, 0.4) is 0 Å². The summed E-state index contributed by atoms with van der Waals surface area (Å²) in [5.74, 6) is -1.23. The van der Waals surface area contributed by atoms with E-state index in [4.69, 9.17) is 9.90 Å². The summed E-state index contributed by atoms with van der Waals surface area (Å²) in [7, 11) is 0. The van der Waals surface area contributed by atoms with Crippen molar-refractivity contribution in [3.05, 3.63) is 12.7 Å². The van der Waals surface area contributed by atoms with Gasteiger partial charge in [0.05, 0.1) is 5.97 Å². The Morgan fingerprint density at radius 3 is 2.00 bits per heavy atom. The van der Waals surface area contributed by atoms with Crippen molar-refractivity contribution in [1.29, 1.82) is 0 Å². The number of carboxylic acid groups (broad SMARTS) is 1. The maximum absolute atomic E-state index is 9.14. The second kappa shape index (κ2) is 4.75. The fourth-order valence-corrected chi connectivity index (χ4v) is 0. The van der Waals surface area contributed by atoms with Gasteiger partial charge in [0.1, 0.15) is 0 Å². The third-order valence-electron chi connectivity index (χ3n) is 0.167. The SMILES string of the molecule is C=CC(=O)[O-].[GeH3+]. The molecule has 0 aromatic rings. The molecule has 0 aromatic carbocycles. The monoisotopic (exact) mass is 148 g/mol. The zero-order valence-electron chi connectivity index (χ0n) is 3.60. The zero-order chi connectivity index (χ0) is 4.28. The van der Waals surface area contributed by atoms with E-state index in [2.05, 4.69) is 6.58 Å². The van der Waals surface area contributed by atoms with Gasteiger partial charge in [0, 0.05) is 0 Å². The van der Waals surface area contributed by atoms with E-state index in [0.717, 1.165) is 6.08 Å². The number of hydrogen-bond donors (Lipinski definition) is 0. The first-order chi connectivity index (χ1) is 2.27. The molecule has 0 atom stereocenters. The summed E-state index contributed by atoms with van der Waals surface area (Å²) in [5, 5.41) is 9.14. The molecule has 2 nitrogen and oxygen atoms in total. The van der Waals surface area contributed by atoms with Crippen molar-refractivity contribution in [1.82, 2.24) is 0 Å². The van der Waals surface area contributed by atoms with Gasteiger partial charge >= 0.3 is 17.6 Å². The molecule has 0 saturated heterocycles. The minimum atomic E-state index is -1.23. The van der Waals surface area contributed by atoms with Crippen LogP contribution < -0.4 is 5.11 Å². The summed E-state index contributed by atoms with van der Waals surface area (Å²) in [5.41, 5.74) is 0. The Hall–Kier alpha value is -0.247. The summed E-state index contributed by atoms with van der Waals surface area (Å²) in [4.78, 5) is 9.14. The molecule has 0 aliphatic heterocycles. The van der Waals surface area contributed by atoms with Crippen LogP contribution in [0.25, 0.3) is 0 Å². The van der Waals surface area contributed by atoms with Gasteiger partial charge in [-0.05, 0) is 6.08 Å². The Balaban J connectivity index is 0. The summed E-state index contributed by atoms with van der Waals surface area (Å²) in [6.45, 7) is 2.90. The van der Waals surface area contributed by atoms with Crippen LogP contribution in [0.5, 0.6) is 0 Å². The first kappa shape index (κ1) is 9.23. The van der Waals surface area contributed by atoms with Crippen molar-refractivity contribution in [3.63, 3.8) is 0 Å². The van der Waals surface area contributed by atoms with Crippen LogP contribution in [-0.4, -0.2) is 23.6 Å². The van der Waals surface area contributed by atoms with E-state index in [1.165, 1.54) is 0 Å². The Morgan fingerprint density at radius 2 is 2.00 bits per heavy atom. The maximum atomic E-state index is 9.14. The third-order valence-corrected chi connectivity index (χ3v) is 0.167. The standard InChI is InChI=1S/C3H4O2.GeH3/c1-2-3(4)5;/h2H,1H2,(H,4,5);1H3/q;+1/p-1. The number of aliphatic carboxylic acids is 1. The molecule has 0 rings (SSSR count). The number of carbonyl (C=O) groups is 1. The van der Waals surface area contributed by atoms with E-state index >= 15 is 0 Å². The van der Waals surface area contributed by atoms with E-state index in [0.29, 0.717) is 0 Å². The van der Waals surface area contributed by atoms with E-state index in [9.17, 15) is 0 Å². The van der Waals surface area contributed by atoms with Gasteiger partial charge < -0.3 is 9.90 Å². The fourth-order valence-electron chi connectivity index (χ4n) is 0. The normalized spacial score (nSPS) is 5.33. The van der Waals surface area contributed by atoms with Crippen LogP contribution in [0.15, 0.2) is 12.7 Å². The van der Waals surface area contributed by atoms with Gasteiger partial charge in [-0.2, -0.15) is 0 Å². The molecule has 0 spiro atoms. The van der Waals surface area contributed by atoms with Crippen LogP contribution in [0, 0.1) is 0 Å². The summed E-state index contributed by atoms with van der Waals surface area (Å²) in [6.07, 6.45) is 0.722. The van der Waals surface area contributed by atoms with Gasteiger partial charge in [-0.25, -0.2) is 0 Å². The molecule has 6 heavy (non-hydrogen) atoms. The van der Waals surface area contributed by atoms with Crippen LogP contribution in [-0.2, 0) is 4.79 Å². The summed E-state index contributed by atoms with van der Waals surface area (Å²) >= 11 is 0. The Labute approximate surface area is 46.8 Å². The molecule has 0 fully saturated rings. The molecular formula is C3H6GeO2. The quantitative estimate of drug-likeness (QED) is 0.310. The van der Waals surface area contributed by atoms with Crippen LogP contribution in [0.4, 0.5) is 0 Å². The second-order valence-electron chi connectivity index (χ2n) is 0.523. The van der Waals surface area contributed by atoms with Gasteiger partial charge in [0.2, 0.25) is 0 Å². The average Bonchev–Trinajstić information content (AvgIpc) is 1.38. The molecule has 0 aliphatic rings. The predicted molar refractivity (Wildman–Crippen MR) is 25.1 cm³/mol. The molecule has 0 amide bonds. The van der Waals surface area contributed by atoms with Crippen molar-refractivity contribution in [2.45, 2.75) is 0 Å². The van der Waals surface area contributed by atoms with Crippen molar-refractivity contribution in [3.8, 4) is 0 Å². The Kier molecular flexibility index (Phi) is 7.31. The number of hydrogen-bond acceptors (Lipinski definition) is 2. The first-order valence-corrected chi connectivity index (χ1v) is 1.11. The predicted octanol–water partition coefficient (Wildman–Crippen LogP) is -2.26. The molecule has 0 saturated carbocycles. The van der Waals surface area contributed by atoms with E-state index in [1.807, 2.05) is 0 Å². The molecule has 0 radical (unpaired) electrons. The molecule has 0 aromatic heterocycles. The van der Waals surface area contributed by atoms with Crippen LogP contribution in [0.1, 0.15) is 0 Å². The third kappa shape index (κ3) is 9.26. The summed E-state index contributed by atoms with van der Waals surface area (Å²) in [6, 6.07) is 0. The molecule has 0 unspecified atom stereocenters. The summed E-state index contributed by atoms with van der Waals surface area (Å²) < 4.78 is 0. The van der Waals surface area contributed by atoms with E-state index in [-0.39, 0.29) is 17.6 Å². The number of rotatable bonds is 1. The Bertz CT molecular complexity index is 59.8. The fraction of sp³-hybridized carbons (Fsp3) is 0. The van der Waals surface area contributed by atoms with Crippen LogP contribution >= 0.6 is 0 Å². The number of carboxylic acids is 1. The molecule has 0 aliphatic carbocycles. The molecule has 0 bridgehead atoms. The molecule has 3 heteroatoms. The number of carbonyl (C=O) groups excluding carboxylic acids is 1. The molecule has 0 heterocycles. The first-order valence-electron chi connectivity index (χ1n) is 1.11. The second-order valence-corrected chi connectivity index (χ2v) is 0.523. The van der Waals surface area contributed by atoms with E-state index < -0.39 is 5.97 Å². The van der Waals surface area contributed by atoms with Gasteiger partial charge in [0.25, 0.3) is 0 Å². The molecular weight excluding hydrogens is 141 g/mol.